The molecule has 0 saturated carbocycles. The first-order valence-electron chi connectivity index (χ1n) is 3.89. The molecule has 0 aromatic heterocycles. The molecule has 4 nitrogen and oxygen atoms in total. The molecule has 0 rings (SSSR count). The molecule has 0 unspecified atom stereocenters. The van der Waals surface area contributed by atoms with E-state index in [-0.39, 0.29) is 0 Å². The first-order chi connectivity index (χ1) is 5.18. The Labute approximate surface area is 67.1 Å². The summed E-state index contributed by atoms with van der Waals surface area (Å²) in [6.45, 7) is 2.73. The molecule has 0 radical (unpaired) electrons. The number of hydroxylamine groups is 2. The van der Waals surface area contributed by atoms with E-state index in [2.05, 4.69) is 12.2 Å². The highest BCUT2D eigenvalue weighted by atomic mass is 16.5. The summed E-state index contributed by atoms with van der Waals surface area (Å²) in [7, 11) is 1.30. The van der Waals surface area contributed by atoms with Crippen LogP contribution in [0.25, 0.3) is 0 Å². The van der Waals surface area contributed by atoms with Crippen molar-refractivity contribution in [2.45, 2.75) is 26.2 Å². The van der Waals surface area contributed by atoms with Crippen LogP contribution in [0.5, 0.6) is 0 Å². The van der Waals surface area contributed by atoms with Crippen LogP contribution in [0.2, 0.25) is 0 Å². The highest BCUT2D eigenvalue weighted by Gasteiger charge is 2.01. The third kappa shape index (κ3) is 5.66. The van der Waals surface area contributed by atoms with Crippen LogP contribution in [0.1, 0.15) is 26.2 Å². The summed E-state index contributed by atoms with van der Waals surface area (Å²) < 4.78 is 0. The molecule has 0 aliphatic rings. The van der Waals surface area contributed by atoms with Gasteiger partial charge in [0.1, 0.15) is 0 Å². The lowest BCUT2D eigenvalue weighted by atomic mass is 10.2. The number of nitrogens with zero attached hydrogens (tertiary/aromatic N) is 1. The number of nitrogens with one attached hydrogen (secondary N) is 1. The van der Waals surface area contributed by atoms with Crippen LogP contribution in [0.15, 0.2) is 0 Å². The molecule has 0 aromatic rings. The predicted molar refractivity (Wildman–Crippen MR) is 42.5 cm³/mol. The second-order valence-electron chi connectivity index (χ2n) is 2.46. The highest BCUT2D eigenvalue weighted by molar-refractivity contribution is 5.72. The van der Waals surface area contributed by atoms with Gasteiger partial charge in [0.25, 0.3) is 0 Å². The maximum atomic E-state index is 10.7. The van der Waals surface area contributed by atoms with Crippen molar-refractivity contribution in [1.82, 2.24) is 10.4 Å². The molecule has 0 spiro atoms. The van der Waals surface area contributed by atoms with Gasteiger partial charge < -0.3 is 5.32 Å². The third-order valence-electron chi connectivity index (χ3n) is 1.35. The van der Waals surface area contributed by atoms with Gasteiger partial charge in [0.15, 0.2) is 0 Å². The average molecular weight is 160 g/mol. The Bertz CT molecular complexity index is 115. The van der Waals surface area contributed by atoms with Gasteiger partial charge in [-0.2, -0.15) is 0 Å². The quantitative estimate of drug-likeness (QED) is 0.369. The normalized spacial score (nSPS) is 9.36. The summed E-state index contributed by atoms with van der Waals surface area (Å²) in [6, 6.07) is -0.443. The maximum Gasteiger partial charge on any atom is 0.340 e. The third-order valence-corrected chi connectivity index (χ3v) is 1.35. The zero-order valence-electron chi connectivity index (χ0n) is 7.13. The molecule has 0 aliphatic carbocycles. The van der Waals surface area contributed by atoms with E-state index in [4.69, 9.17) is 5.21 Å². The van der Waals surface area contributed by atoms with Crippen molar-refractivity contribution >= 4 is 6.03 Å². The Morgan fingerprint density at radius 1 is 1.55 bits per heavy atom. The van der Waals surface area contributed by atoms with Gasteiger partial charge in [0.05, 0.1) is 0 Å². The van der Waals surface area contributed by atoms with Crippen LogP contribution >= 0.6 is 0 Å². The van der Waals surface area contributed by atoms with Gasteiger partial charge >= 0.3 is 6.03 Å². The first kappa shape index (κ1) is 10.2. The number of hydrogen-bond donors (Lipinski definition) is 2. The average Bonchev–Trinajstić information content (AvgIpc) is 1.97. The Hall–Kier alpha value is -0.770. The second-order valence-corrected chi connectivity index (χ2v) is 2.46. The number of carbonyl (C=O) groups excluding carboxylic acids is 1. The van der Waals surface area contributed by atoms with Crippen molar-refractivity contribution in [1.29, 1.82) is 0 Å². The highest BCUT2D eigenvalue weighted by Crippen LogP contribution is 1.91. The predicted octanol–water partition coefficient (Wildman–Crippen LogP) is 1.21. The van der Waals surface area contributed by atoms with E-state index in [1.165, 1.54) is 7.05 Å². The lowest BCUT2D eigenvalue weighted by Crippen LogP contribution is -2.35. The van der Waals surface area contributed by atoms with Crippen molar-refractivity contribution in [2.75, 3.05) is 13.6 Å². The van der Waals surface area contributed by atoms with Crippen molar-refractivity contribution in [3.8, 4) is 0 Å². The van der Waals surface area contributed by atoms with Gasteiger partial charge in [-0.05, 0) is 6.42 Å². The van der Waals surface area contributed by atoms with Crippen LogP contribution in [0.4, 0.5) is 4.79 Å². The molecule has 66 valence electrons. The van der Waals surface area contributed by atoms with Crippen molar-refractivity contribution in [3.05, 3.63) is 0 Å². The zero-order valence-corrected chi connectivity index (χ0v) is 7.13. The summed E-state index contributed by atoms with van der Waals surface area (Å²) in [5.74, 6) is 0. The lowest BCUT2D eigenvalue weighted by molar-refractivity contribution is -0.0182. The minimum atomic E-state index is -0.443. The molecule has 0 heterocycles. The molecular weight excluding hydrogens is 144 g/mol. The van der Waals surface area contributed by atoms with Crippen LogP contribution in [-0.4, -0.2) is 29.9 Å². The van der Waals surface area contributed by atoms with Crippen LogP contribution in [0, 0.1) is 0 Å². The fraction of sp³-hybridized carbons (Fsp3) is 0.857. The van der Waals surface area contributed by atoms with Crippen LogP contribution in [-0.2, 0) is 0 Å². The molecule has 0 aliphatic heterocycles. The van der Waals surface area contributed by atoms with Crippen LogP contribution in [0.3, 0.4) is 0 Å². The Morgan fingerprint density at radius 3 is 2.64 bits per heavy atom. The van der Waals surface area contributed by atoms with E-state index in [1.807, 2.05) is 0 Å². The van der Waals surface area contributed by atoms with Crippen molar-refractivity contribution in [2.24, 2.45) is 0 Å². The molecule has 0 aromatic carbocycles. The first-order valence-corrected chi connectivity index (χ1v) is 3.89. The summed E-state index contributed by atoms with van der Waals surface area (Å²) in [5, 5.41) is 11.7. The van der Waals surface area contributed by atoms with E-state index < -0.39 is 6.03 Å². The minimum absolute atomic E-state index is 0.443. The molecule has 2 amide bonds. The van der Waals surface area contributed by atoms with E-state index in [0.29, 0.717) is 11.6 Å². The Balaban J connectivity index is 3.18. The second kappa shape index (κ2) is 5.97. The fourth-order valence-corrected chi connectivity index (χ4v) is 0.685. The molecule has 2 N–H and O–H groups in total. The van der Waals surface area contributed by atoms with Gasteiger partial charge in [-0.1, -0.05) is 19.8 Å². The summed E-state index contributed by atoms with van der Waals surface area (Å²) in [4.78, 5) is 10.7. The summed E-state index contributed by atoms with van der Waals surface area (Å²) in [6.07, 6.45) is 3.20. The SMILES string of the molecule is CCCCCNC(=O)N(C)O. The number of hydrogen-bond acceptors (Lipinski definition) is 2. The molecule has 0 bridgehead atoms. The smallest absolute Gasteiger partial charge is 0.336 e. The van der Waals surface area contributed by atoms with Gasteiger partial charge in [-0.15, -0.1) is 0 Å². The van der Waals surface area contributed by atoms with Gasteiger partial charge in [-0.3, -0.25) is 5.21 Å². The Morgan fingerprint density at radius 2 is 2.18 bits per heavy atom. The molecular formula is C7H16N2O2. The van der Waals surface area contributed by atoms with E-state index in [9.17, 15) is 4.79 Å². The fourth-order valence-electron chi connectivity index (χ4n) is 0.685. The van der Waals surface area contributed by atoms with E-state index >= 15 is 0 Å². The van der Waals surface area contributed by atoms with Gasteiger partial charge in [0.2, 0.25) is 0 Å². The van der Waals surface area contributed by atoms with Crippen LogP contribution < -0.4 is 5.32 Å². The standard InChI is InChI=1S/C7H16N2O2/c1-3-4-5-6-8-7(10)9(2)11/h11H,3-6H2,1-2H3,(H,8,10). The molecule has 0 fully saturated rings. The lowest BCUT2D eigenvalue weighted by Gasteiger charge is -2.09. The zero-order chi connectivity index (χ0) is 8.69. The molecule has 11 heavy (non-hydrogen) atoms. The van der Waals surface area contributed by atoms with E-state index in [1.54, 1.807) is 0 Å². The molecule has 4 heteroatoms. The number of unbranched alkanes of at least 4 members (excludes halogenated alkanes) is 2. The number of amides is 2. The monoisotopic (exact) mass is 160 g/mol. The van der Waals surface area contributed by atoms with Crippen molar-refractivity contribution in [3.63, 3.8) is 0 Å². The molecule has 0 saturated heterocycles. The minimum Gasteiger partial charge on any atom is -0.336 e. The summed E-state index contributed by atoms with van der Waals surface area (Å²) >= 11 is 0. The number of rotatable bonds is 4. The van der Waals surface area contributed by atoms with Gasteiger partial charge in [-0.25, -0.2) is 9.86 Å². The topological polar surface area (TPSA) is 52.6 Å². The molecule has 0 atom stereocenters. The Kier molecular flexibility index (Phi) is 5.56. The maximum absolute atomic E-state index is 10.7. The van der Waals surface area contributed by atoms with Crippen molar-refractivity contribution < 1.29 is 10.0 Å². The number of carbonyl (C=O) groups is 1. The van der Waals surface area contributed by atoms with Gasteiger partial charge in [0, 0.05) is 13.6 Å². The number of urea groups is 1. The summed E-state index contributed by atoms with van der Waals surface area (Å²) in [5.41, 5.74) is 0. The van der Waals surface area contributed by atoms with E-state index in [0.717, 1.165) is 19.3 Å². The largest absolute Gasteiger partial charge is 0.340 e.